The van der Waals surface area contributed by atoms with Gasteiger partial charge in [-0.2, -0.15) is 0 Å². The first-order chi connectivity index (χ1) is 7.09. The molecule has 0 bridgehead atoms. The summed E-state index contributed by atoms with van der Waals surface area (Å²) in [6.45, 7) is 5.24. The van der Waals surface area contributed by atoms with E-state index in [1.54, 1.807) is 6.20 Å². The Hall–Kier alpha value is -0.160. The molecule has 15 heavy (non-hydrogen) atoms. The second-order valence-corrected chi connectivity index (χ2v) is 5.34. The van der Waals surface area contributed by atoms with Crippen LogP contribution in [0.3, 0.4) is 0 Å². The Balaban J connectivity index is 2.32. The highest BCUT2D eigenvalue weighted by Crippen LogP contribution is 2.18. The second-order valence-electron chi connectivity index (χ2n) is 3.59. The maximum Gasteiger partial charge on any atom is 0.113 e. The third kappa shape index (κ3) is 4.07. The van der Waals surface area contributed by atoms with Crippen LogP contribution < -0.4 is 5.32 Å². The molecule has 2 N–H and O–H groups in total. The number of nitrogens with zero attached hydrogens (tertiary/aromatic N) is 1. The Morgan fingerprint density at radius 2 is 2.20 bits per heavy atom. The highest BCUT2D eigenvalue weighted by atomic mass is 35.5. The molecule has 0 saturated carbocycles. The van der Waals surface area contributed by atoms with Crippen LogP contribution >= 0.6 is 22.9 Å². The molecule has 0 aliphatic carbocycles. The van der Waals surface area contributed by atoms with E-state index in [1.165, 1.54) is 11.3 Å². The van der Waals surface area contributed by atoms with Gasteiger partial charge in [-0.05, 0) is 12.8 Å². The number of nitrogens with one attached hydrogen (secondary N) is 1. The molecule has 0 aliphatic rings. The van der Waals surface area contributed by atoms with Gasteiger partial charge in [-0.25, -0.2) is 4.98 Å². The van der Waals surface area contributed by atoms with Gasteiger partial charge in [0, 0.05) is 13.1 Å². The van der Waals surface area contributed by atoms with Gasteiger partial charge in [0.25, 0.3) is 0 Å². The molecule has 1 aromatic rings. The van der Waals surface area contributed by atoms with E-state index in [0.717, 1.165) is 17.8 Å². The van der Waals surface area contributed by atoms with E-state index in [1.807, 2.05) is 13.8 Å². The fraction of sp³-hybridized carbons (Fsp3) is 0.700. The lowest BCUT2D eigenvalue weighted by molar-refractivity contribution is 0.0323. The van der Waals surface area contributed by atoms with Crippen LogP contribution in [0.15, 0.2) is 6.20 Å². The van der Waals surface area contributed by atoms with Crippen LogP contribution in [0, 0.1) is 0 Å². The Kier molecular flexibility index (Phi) is 4.99. The number of aliphatic hydroxyl groups is 1. The maximum atomic E-state index is 10.0. The van der Waals surface area contributed by atoms with Crippen molar-refractivity contribution in [3.05, 3.63) is 15.5 Å². The molecule has 1 aromatic heterocycles. The summed E-state index contributed by atoms with van der Waals surface area (Å²) in [6, 6.07) is 0. The van der Waals surface area contributed by atoms with Gasteiger partial charge in [-0.3, -0.25) is 0 Å². The predicted molar refractivity (Wildman–Crippen MR) is 64.4 cm³/mol. The molecule has 0 saturated heterocycles. The fourth-order valence-corrected chi connectivity index (χ4v) is 2.20. The zero-order valence-corrected chi connectivity index (χ0v) is 10.7. The average molecular weight is 249 g/mol. The molecule has 0 radical (unpaired) electrons. The largest absolute Gasteiger partial charge is 0.389 e. The van der Waals surface area contributed by atoms with E-state index < -0.39 is 5.60 Å². The Morgan fingerprint density at radius 1 is 1.53 bits per heavy atom. The molecule has 1 rings (SSSR count). The smallest absolute Gasteiger partial charge is 0.113 e. The number of halogens is 1. The zero-order chi connectivity index (χ0) is 11.3. The number of hydrogen-bond donors (Lipinski definition) is 2. The van der Waals surface area contributed by atoms with Gasteiger partial charge < -0.3 is 10.4 Å². The molecular weight excluding hydrogens is 232 g/mol. The first-order valence-corrected chi connectivity index (χ1v) is 6.32. The molecule has 0 unspecified atom stereocenters. The summed E-state index contributed by atoms with van der Waals surface area (Å²) in [5.74, 6) is 0. The molecule has 0 aliphatic heterocycles. The van der Waals surface area contributed by atoms with Gasteiger partial charge >= 0.3 is 0 Å². The molecule has 0 aromatic carbocycles. The summed E-state index contributed by atoms with van der Waals surface area (Å²) in [7, 11) is 0. The number of hydrogen-bond acceptors (Lipinski definition) is 4. The van der Waals surface area contributed by atoms with Crippen LogP contribution in [0.2, 0.25) is 4.34 Å². The minimum Gasteiger partial charge on any atom is -0.389 e. The molecule has 3 nitrogen and oxygen atoms in total. The van der Waals surface area contributed by atoms with Gasteiger partial charge in [0.15, 0.2) is 0 Å². The molecule has 0 fully saturated rings. The molecular formula is C10H17ClN2OS. The lowest BCUT2D eigenvalue weighted by atomic mass is 9.98. The molecule has 0 atom stereocenters. The predicted octanol–water partition coefficient (Wildman–Crippen LogP) is 2.44. The minimum atomic E-state index is -0.596. The molecule has 86 valence electrons. The highest BCUT2D eigenvalue weighted by molar-refractivity contribution is 7.15. The van der Waals surface area contributed by atoms with Crippen molar-refractivity contribution in [2.24, 2.45) is 0 Å². The summed E-state index contributed by atoms with van der Waals surface area (Å²) >= 11 is 7.23. The number of rotatable bonds is 6. The van der Waals surface area contributed by atoms with Crippen LogP contribution in [0.1, 0.15) is 31.7 Å². The summed E-state index contributed by atoms with van der Waals surface area (Å²) in [4.78, 5) is 4.13. The Labute approximate surface area is 99.5 Å². The van der Waals surface area contributed by atoms with Gasteiger partial charge in [0.05, 0.1) is 11.8 Å². The Bertz CT molecular complexity index is 299. The van der Waals surface area contributed by atoms with E-state index in [2.05, 4.69) is 10.3 Å². The van der Waals surface area contributed by atoms with Gasteiger partial charge in [-0.15, -0.1) is 11.3 Å². The quantitative estimate of drug-likeness (QED) is 0.813. The average Bonchev–Trinajstić information content (AvgIpc) is 2.64. The lowest BCUT2D eigenvalue weighted by Crippen LogP contribution is -2.39. The van der Waals surface area contributed by atoms with Gasteiger partial charge in [-0.1, -0.05) is 25.4 Å². The summed E-state index contributed by atoms with van der Waals surface area (Å²) in [5.41, 5.74) is -0.596. The normalized spacial score (nSPS) is 12.0. The molecule has 0 spiro atoms. The third-order valence-corrected chi connectivity index (χ3v) is 3.69. The van der Waals surface area contributed by atoms with Crippen molar-refractivity contribution in [2.45, 2.75) is 38.8 Å². The van der Waals surface area contributed by atoms with Crippen molar-refractivity contribution in [1.29, 1.82) is 0 Å². The van der Waals surface area contributed by atoms with Crippen molar-refractivity contribution < 1.29 is 5.11 Å². The van der Waals surface area contributed by atoms with E-state index in [-0.39, 0.29) is 0 Å². The first-order valence-electron chi connectivity index (χ1n) is 5.13. The monoisotopic (exact) mass is 248 g/mol. The fourth-order valence-electron chi connectivity index (χ4n) is 1.27. The van der Waals surface area contributed by atoms with E-state index in [0.29, 0.717) is 17.4 Å². The van der Waals surface area contributed by atoms with Crippen molar-refractivity contribution in [3.63, 3.8) is 0 Å². The molecule has 1 heterocycles. The van der Waals surface area contributed by atoms with Crippen LogP contribution in [-0.2, 0) is 6.54 Å². The summed E-state index contributed by atoms with van der Waals surface area (Å²) in [5, 5.41) is 14.2. The Morgan fingerprint density at radius 3 is 2.67 bits per heavy atom. The zero-order valence-electron chi connectivity index (χ0n) is 9.09. The van der Waals surface area contributed by atoms with Crippen molar-refractivity contribution in [2.75, 3.05) is 6.54 Å². The SMILES string of the molecule is CCC(O)(CC)CNCc1ncc(Cl)s1. The number of aromatic nitrogens is 1. The topological polar surface area (TPSA) is 45.1 Å². The standard InChI is InChI=1S/C10H17ClN2OS/c1-3-10(14,4-2)7-12-6-9-13-5-8(11)15-9/h5,12,14H,3-4,6-7H2,1-2H3. The summed E-state index contributed by atoms with van der Waals surface area (Å²) in [6.07, 6.45) is 3.17. The van der Waals surface area contributed by atoms with Crippen molar-refractivity contribution in [3.8, 4) is 0 Å². The highest BCUT2D eigenvalue weighted by Gasteiger charge is 2.21. The van der Waals surface area contributed by atoms with Crippen LogP contribution in [0.5, 0.6) is 0 Å². The minimum absolute atomic E-state index is 0.594. The van der Waals surface area contributed by atoms with E-state index >= 15 is 0 Å². The van der Waals surface area contributed by atoms with Crippen LogP contribution in [-0.4, -0.2) is 22.2 Å². The number of thiazole rings is 1. The van der Waals surface area contributed by atoms with Gasteiger partial charge in [0.1, 0.15) is 9.34 Å². The van der Waals surface area contributed by atoms with E-state index in [9.17, 15) is 5.11 Å². The van der Waals surface area contributed by atoms with Crippen molar-refractivity contribution in [1.82, 2.24) is 10.3 Å². The van der Waals surface area contributed by atoms with Gasteiger partial charge in [0.2, 0.25) is 0 Å². The third-order valence-electron chi connectivity index (χ3n) is 2.57. The van der Waals surface area contributed by atoms with Crippen LogP contribution in [0.25, 0.3) is 0 Å². The van der Waals surface area contributed by atoms with Crippen LogP contribution in [0.4, 0.5) is 0 Å². The summed E-state index contributed by atoms with van der Waals surface area (Å²) < 4.78 is 0.702. The maximum absolute atomic E-state index is 10.0. The second kappa shape index (κ2) is 5.80. The molecule has 0 amide bonds. The lowest BCUT2D eigenvalue weighted by Gasteiger charge is -2.25. The first kappa shape index (κ1) is 12.9. The van der Waals surface area contributed by atoms with Crippen molar-refractivity contribution >= 4 is 22.9 Å². The molecule has 5 heteroatoms. The van der Waals surface area contributed by atoms with E-state index in [4.69, 9.17) is 11.6 Å².